The van der Waals surface area contributed by atoms with Crippen molar-refractivity contribution in [3.05, 3.63) is 35.0 Å². The average molecular weight is 386 g/mol. The summed E-state index contributed by atoms with van der Waals surface area (Å²) in [5.74, 6) is 0.754. The molecule has 27 heavy (non-hydrogen) atoms. The van der Waals surface area contributed by atoms with Crippen LogP contribution in [0.25, 0.3) is 22.3 Å². The van der Waals surface area contributed by atoms with Gasteiger partial charge in [0.2, 0.25) is 5.95 Å². The van der Waals surface area contributed by atoms with E-state index in [4.69, 9.17) is 22.3 Å². The van der Waals surface area contributed by atoms with Gasteiger partial charge >= 0.3 is 0 Å². The molecule has 3 aliphatic rings. The number of hydrogen-bond donors (Lipinski definition) is 1. The number of halogens is 2. The van der Waals surface area contributed by atoms with E-state index in [0.717, 1.165) is 30.6 Å². The minimum atomic E-state index is -0.366. The van der Waals surface area contributed by atoms with E-state index in [1.54, 1.807) is 0 Å². The van der Waals surface area contributed by atoms with Gasteiger partial charge in [-0.25, -0.2) is 19.3 Å². The van der Waals surface area contributed by atoms with Crippen molar-refractivity contribution >= 4 is 28.6 Å². The van der Waals surface area contributed by atoms with Crippen LogP contribution in [-0.2, 0) is 5.41 Å². The maximum absolute atomic E-state index is 15.0. The first kappa shape index (κ1) is 16.9. The van der Waals surface area contributed by atoms with Crippen LogP contribution in [0.2, 0.25) is 5.02 Å². The van der Waals surface area contributed by atoms with E-state index in [9.17, 15) is 0 Å². The molecule has 0 unspecified atom stereocenters. The Labute approximate surface area is 161 Å². The number of rotatable bonds is 3. The van der Waals surface area contributed by atoms with Crippen LogP contribution in [-0.4, -0.2) is 19.5 Å². The number of nitrogen functional groups attached to an aromatic ring is 1. The van der Waals surface area contributed by atoms with Crippen molar-refractivity contribution < 1.29 is 4.39 Å². The highest BCUT2D eigenvalue weighted by molar-refractivity contribution is 6.33. The van der Waals surface area contributed by atoms with Gasteiger partial charge in [0.15, 0.2) is 5.82 Å². The van der Waals surface area contributed by atoms with E-state index < -0.39 is 0 Å². The molecule has 2 heterocycles. The molecule has 0 spiro atoms. The summed E-state index contributed by atoms with van der Waals surface area (Å²) < 4.78 is 17.2. The average Bonchev–Trinajstić information content (AvgIpc) is 2.93. The molecule has 3 aliphatic carbocycles. The fourth-order valence-electron chi connectivity index (χ4n) is 5.30. The number of anilines is 1. The molecule has 2 N–H and O–H groups in total. The minimum Gasteiger partial charge on any atom is -0.368 e. The Balaban J connectivity index is 1.74. The fourth-order valence-corrected chi connectivity index (χ4v) is 5.50. The molecule has 7 heteroatoms. The molecule has 0 atom stereocenters. The molecule has 3 fully saturated rings. The highest BCUT2D eigenvalue weighted by atomic mass is 35.5. The van der Waals surface area contributed by atoms with Gasteiger partial charge in [-0.1, -0.05) is 18.5 Å². The number of hydrogen-bond acceptors (Lipinski definition) is 4. The van der Waals surface area contributed by atoms with Crippen molar-refractivity contribution in [2.75, 3.05) is 5.73 Å². The minimum absolute atomic E-state index is 0.107. The third kappa shape index (κ3) is 2.25. The Morgan fingerprint density at radius 1 is 1.22 bits per heavy atom. The second-order valence-electron chi connectivity index (χ2n) is 8.77. The van der Waals surface area contributed by atoms with E-state index in [1.165, 1.54) is 12.3 Å². The summed E-state index contributed by atoms with van der Waals surface area (Å²) in [6.45, 7) is 6.54. The Bertz CT molecular complexity index is 1080. The quantitative estimate of drug-likeness (QED) is 0.696. The molecule has 2 aromatic heterocycles. The van der Waals surface area contributed by atoms with Crippen LogP contribution in [0.15, 0.2) is 18.3 Å². The Kier molecular flexibility index (Phi) is 3.25. The van der Waals surface area contributed by atoms with Gasteiger partial charge in [-0.2, -0.15) is 0 Å². The summed E-state index contributed by atoms with van der Waals surface area (Å²) in [6.07, 6.45) is 4.85. The lowest BCUT2D eigenvalue weighted by Crippen LogP contribution is -2.63. The van der Waals surface area contributed by atoms with E-state index in [-0.39, 0.29) is 23.2 Å². The molecule has 6 rings (SSSR count). The van der Waals surface area contributed by atoms with Gasteiger partial charge in [0, 0.05) is 17.0 Å². The first-order chi connectivity index (χ1) is 12.7. The lowest BCUT2D eigenvalue weighted by molar-refractivity contribution is -0.132. The number of aromatic nitrogens is 4. The monoisotopic (exact) mass is 385 g/mol. The van der Waals surface area contributed by atoms with Gasteiger partial charge in [0.1, 0.15) is 11.3 Å². The van der Waals surface area contributed by atoms with Crippen molar-refractivity contribution in [3.63, 3.8) is 0 Å². The maximum atomic E-state index is 15.0. The van der Waals surface area contributed by atoms with Gasteiger partial charge in [-0.3, -0.25) is 0 Å². The highest BCUT2D eigenvalue weighted by Gasteiger charge is 2.67. The molecule has 3 aromatic rings. The molecule has 3 saturated carbocycles. The molecule has 5 nitrogen and oxygen atoms in total. The molecular weight excluding hydrogens is 365 g/mol. The van der Waals surface area contributed by atoms with Crippen LogP contribution in [0.3, 0.4) is 0 Å². The van der Waals surface area contributed by atoms with Gasteiger partial charge in [-0.05, 0) is 50.7 Å². The number of fused-ring (bicyclic) bond motifs is 1. The van der Waals surface area contributed by atoms with Crippen LogP contribution in [0.1, 0.15) is 51.9 Å². The molecule has 0 amide bonds. The first-order valence-corrected chi connectivity index (χ1v) is 9.60. The summed E-state index contributed by atoms with van der Waals surface area (Å²) in [5, 5.41) is 0.339. The zero-order valence-corrected chi connectivity index (χ0v) is 16.3. The molecule has 2 bridgehead atoms. The van der Waals surface area contributed by atoms with Crippen LogP contribution >= 0.6 is 11.6 Å². The van der Waals surface area contributed by atoms with Crippen LogP contribution in [0, 0.1) is 11.2 Å². The predicted molar refractivity (Wildman–Crippen MR) is 104 cm³/mol. The number of nitrogens with zero attached hydrogens (tertiary/aromatic N) is 4. The van der Waals surface area contributed by atoms with Crippen LogP contribution < -0.4 is 5.73 Å². The van der Waals surface area contributed by atoms with Crippen LogP contribution in [0.4, 0.5) is 10.3 Å². The summed E-state index contributed by atoms with van der Waals surface area (Å²) in [6, 6.07) is 3.52. The smallest absolute Gasteiger partial charge is 0.220 e. The van der Waals surface area contributed by atoms with Crippen molar-refractivity contribution in [3.8, 4) is 11.3 Å². The largest absolute Gasteiger partial charge is 0.368 e. The van der Waals surface area contributed by atoms with Gasteiger partial charge < -0.3 is 10.3 Å². The third-order valence-electron chi connectivity index (χ3n) is 6.07. The second-order valence-corrected chi connectivity index (χ2v) is 9.18. The first-order valence-electron chi connectivity index (χ1n) is 9.22. The van der Waals surface area contributed by atoms with Crippen molar-refractivity contribution in [1.82, 2.24) is 19.5 Å². The van der Waals surface area contributed by atoms with E-state index >= 15 is 4.39 Å². The SMILES string of the molecule is CC(C)n1c(C23CC(C)(C2)C3)nc2c(F)cc(-c3nc(N)ncc3Cl)cc21. The normalized spacial score (nSPS) is 26.3. The Morgan fingerprint density at radius 2 is 1.93 bits per heavy atom. The summed E-state index contributed by atoms with van der Waals surface area (Å²) >= 11 is 6.24. The third-order valence-corrected chi connectivity index (χ3v) is 6.35. The summed E-state index contributed by atoms with van der Waals surface area (Å²) in [7, 11) is 0. The number of nitrogens with two attached hydrogens (primary N) is 1. The highest BCUT2D eigenvalue weighted by Crippen LogP contribution is 2.73. The van der Waals surface area contributed by atoms with Gasteiger partial charge in [-0.15, -0.1) is 0 Å². The van der Waals surface area contributed by atoms with Crippen molar-refractivity contribution in [2.45, 2.75) is 51.5 Å². The second kappa shape index (κ2) is 5.19. The molecule has 0 radical (unpaired) electrons. The van der Waals surface area contributed by atoms with E-state index in [2.05, 4.69) is 35.3 Å². The van der Waals surface area contributed by atoms with Crippen molar-refractivity contribution in [1.29, 1.82) is 0 Å². The molecule has 0 aliphatic heterocycles. The van der Waals surface area contributed by atoms with E-state index in [1.807, 2.05) is 6.07 Å². The molecule has 140 valence electrons. The standard InChI is InChI=1S/C20H21ClFN5/c1-10(2)27-14-5-11(15-12(21)6-24-18(23)26-15)4-13(22)16(14)25-17(27)20-7-19(3,8-20)9-20/h4-6,10H,7-9H2,1-3H3,(H2,23,24,26). The van der Waals surface area contributed by atoms with Gasteiger partial charge in [0.25, 0.3) is 0 Å². The summed E-state index contributed by atoms with van der Waals surface area (Å²) in [4.78, 5) is 12.9. The molecule has 1 aromatic carbocycles. The van der Waals surface area contributed by atoms with E-state index in [0.29, 0.717) is 27.2 Å². The maximum Gasteiger partial charge on any atom is 0.220 e. The lowest BCUT2D eigenvalue weighted by Gasteiger charge is -2.69. The van der Waals surface area contributed by atoms with Gasteiger partial charge in [0.05, 0.1) is 22.4 Å². The number of benzene rings is 1. The predicted octanol–water partition coefficient (Wildman–Crippen LogP) is 4.89. The Hall–Kier alpha value is -2.21. The van der Waals surface area contributed by atoms with Crippen molar-refractivity contribution in [2.24, 2.45) is 5.41 Å². The molecular formula is C20H21ClFN5. The molecule has 0 saturated heterocycles. The zero-order valence-electron chi connectivity index (χ0n) is 15.6. The Morgan fingerprint density at radius 3 is 2.56 bits per heavy atom. The topological polar surface area (TPSA) is 69.6 Å². The van der Waals surface area contributed by atoms with Crippen LogP contribution in [0.5, 0.6) is 0 Å². The summed E-state index contributed by atoms with van der Waals surface area (Å²) in [5.41, 5.74) is 8.47. The number of imidazole rings is 1. The lowest BCUT2D eigenvalue weighted by atomic mass is 9.35. The zero-order chi connectivity index (χ0) is 19.1. The fraction of sp³-hybridized carbons (Fsp3) is 0.450.